The first-order valence-corrected chi connectivity index (χ1v) is 5.64. The molecular weight excluding hydrogens is 192 g/mol. The number of fused-ring (bicyclic) bond motifs is 3. The Morgan fingerprint density at radius 2 is 2.00 bits per heavy atom. The lowest BCUT2D eigenvalue weighted by atomic mass is 10.2. The van der Waals surface area contributed by atoms with Crippen LogP contribution < -0.4 is 5.01 Å². The zero-order chi connectivity index (χ0) is 9.54. The summed E-state index contributed by atoms with van der Waals surface area (Å²) in [4.78, 5) is 1.14. The second-order valence-corrected chi connectivity index (χ2v) is 4.48. The van der Waals surface area contributed by atoms with Gasteiger partial charge in [-0.25, -0.2) is 5.01 Å². The highest BCUT2D eigenvalue weighted by molar-refractivity contribution is 7.80. The van der Waals surface area contributed by atoms with Gasteiger partial charge in [0.25, 0.3) is 0 Å². The molecule has 1 fully saturated rings. The number of hydrazine groups is 1. The zero-order valence-corrected chi connectivity index (χ0v) is 9.00. The summed E-state index contributed by atoms with van der Waals surface area (Å²) in [5, 5.41) is 4.85. The van der Waals surface area contributed by atoms with Crippen LogP contribution in [0.5, 0.6) is 0 Å². The van der Waals surface area contributed by atoms with Gasteiger partial charge >= 0.3 is 0 Å². The Morgan fingerprint density at radius 3 is 2.93 bits per heavy atom. The number of hydrogen-bond acceptors (Lipinski definition) is 3. The fourth-order valence-electron chi connectivity index (χ4n) is 2.40. The van der Waals surface area contributed by atoms with Crippen LogP contribution in [0.3, 0.4) is 0 Å². The minimum Gasteiger partial charge on any atom is -0.305 e. The van der Waals surface area contributed by atoms with E-state index in [9.17, 15) is 0 Å². The lowest BCUT2D eigenvalue weighted by Crippen LogP contribution is -2.42. The molecule has 2 aliphatic rings. The van der Waals surface area contributed by atoms with E-state index in [2.05, 4.69) is 40.8 Å². The van der Waals surface area contributed by atoms with Gasteiger partial charge in [0.2, 0.25) is 0 Å². The van der Waals surface area contributed by atoms with Crippen LogP contribution >= 0.6 is 12.6 Å². The summed E-state index contributed by atoms with van der Waals surface area (Å²) in [5.74, 6) is 0. The van der Waals surface area contributed by atoms with E-state index >= 15 is 0 Å². The summed E-state index contributed by atoms with van der Waals surface area (Å²) in [6, 6.07) is 6.39. The third-order valence-electron chi connectivity index (χ3n) is 3.12. The fourth-order valence-corrected chi connectivity index (χ4v) is 2.68. The highest BCUT2D eigenvalue weighted by atomic mass is 32.1. The van der Waals surface area contributed by atoms with Gasteiger partial charge in [0.15, 0.2) is 0 Å². The summed E-state index contributed by atoms with van der Waals surface area (Å²) in [5.41, 5.74) is 2.77. The fraction of sp³-hybridized carbons (Fsp3) is 0.455. The molecule has 0 unspecified atom stereocenters. The van der Waals surface area contributed by atoms with Crippen LogP contribution in [0, 0.1) is 0 Å². The molecule has 1 aromatic carbocycles. The standard InChI is InChI=1S/C11H14N2S/c14-11-5-3-4-10-9(11)8-12-6-1-2-7-13(10)12/h3-5,14H,1-2,6-8H2. The molecule has 0 bridgehead atoms. The molecule has 0 amide bonds. The van der Waals surface area contributed by atoms with E-state index in [1.807, 2.05) is 0 Å². The molecule has 0 spiro atoms. The molecule has 1 aromatic rings. The molecule has 0 radical (unpaired) electrons. The maximum atomic E-state index is 4.51. The molecule has 0 aromatic heterocycles. The average Bonchev–Trinajstić information content (AvgIpc) is 2.59. The summed E-state index contributed by atoms with van der Waals surface area (Å²) in [7, 11) is 0. The molecule has 2 heterocycles. The number of hydrogen-bond donors (Lipinski definition) is 1. The molecule has 2 aliphatic heterocycles. The number of rotatable bonds is 0. The van der Waals surface area contributed by atoms with Crippen LogP contribution in [0.25, 0.3) is 0 Å². The quantitative estimate of drug-likeness (QED) is 0.651. The van der Waals surface area contributed by atoms with Crippen molar-refractivity contribution < 1.29 is 0 Å². The van der Waals surface area contributed by atoms with Crippen LogP contribution in [-0.4, -0.2) is 18.1 Å². The molecule has 0 N–H and O–H groups in total. The maximum absolute atomic E-state index is 4.51. The van der Waals surface area contributed by atoms with Crippen molar-refractivity contribution in [2.45, 2.75) is 24.3 Å². The molecule has 14 heavy (non-hydrogen) atoms. The van der Waals surface area contributed by atoms with Crippen LogP contribution in [0.2, 0.25) is 0 Å². The first-order valence-electron chi connectivity index (χ1n) is 5.19. The van der Waals surface area contributed by atoms with Crippen LogP contribution in [0.1, 0.15) is 18.4 Å². The largest absolute Gasteiger partial charge is 0.305 e. The van der Waals surface area contributed by atoms with Crippen molar-refractivity contribution in [3.05, 3.63) is 23.8 Å². The SMILES string of the molecule is Sc1cccc2c1CN1CCCCN21. The van der Waals surface area contributed by atoms with E-state index < -0.39 is 0 Å². The Kier molecular flexibility index (Phi) is 1.96. The van der Waals surface area contributed by atoms with E-state index in [1.54, 1.807) is 0 Å². The van der Waals surface area contributed by atoms with Gasteiger partial charge in [0.05, 0.1) is 5.69 Å². The highest BCUT2D eigenvalue weighted by Gasteiger charge is 2.29. The van der Waals surface area contributed by atoms with Crippen molar-refractivity contribution in [2.75, 3.05) is 18.1 Å². The number of anilines is 1. The number of benzene rings is 1. The minimum absolute atomic E-state index is 1.05. The van der Waals surface area contributed by atoms with Gasteiger partial charge in [-0.05, 0) is 25.0 Å². The van der Waals surface area contributed by atoms with E-state index in [0.29, 0.717) is 0 Å². The van der Waals surface area contributed by atoms with Crippen molar-refractivity contribution in [1.29, 1.82) is 0 Å². The van der Waals surface area contributed by atoms with E-state index in [0.717, 1.165) is 11.4 Å². The monoisotopic (exact) mass is 206 g/mol. The molecule has 74 valence electrons. The lowest BCUT2D eigenvalue weighted by molar-refractivity contribution is 0.224. The number of nitrogens with zero attached hydrogens (tertiary/aromatic N) is 2. The maximum Gasteiger partial charge on any atom is 0.0579 e. The molecule has 3 rings (SSSR count). The zero-order valence-electron chi connectivity index (χ0n) is 8.11. The molecule has 2 nitrogen and oxygen atoms in total. The highest BCUT2D eigenvalue weighted by Crippen LogP contribution is 2.36. The Morgan fingerprint density at radius 1 is 1.14 bits per heavy atom. The number of thiol groups is 1. The van der Waals surface area contributed by atoms with Crippen LogP contribution in [0.4, 0.5) is 5.69 Å². The first kappa shape index (κ1) is 8.62. The third kappa shape index (κ3) is 1.16. The third-order valence-corrected chi connectivity index (χ3v) is 3.54. The summed E-state index contributed by atoms with van der Waals surface area (Å²) >= 11 is 4.51. The first-order chi connectivity index (χ1) is 6.86. The van der Waals surface area contributed by atoms with Gasteiger partial charge in [-0.2, -0.15) is 0 Å². The van der Waals surface area contributed by atoms with E-state index in [-0.39, 0.29) is 0 Å². The van der Waals surface area contributed by atoms with Crippen molar-refractivity contribution in [2.24, 2.45) is 0 Å². The summed E-state index contributed by atoms with van der Waals surface area (Å²) in [6.07, 6.45) is 2.64. The summed E-state index contributed by atoms with van der Waals surface area (Å²) in [6.45, 7) is 3.42. The van der Waals surface area contributed by atoms with Crippen molar-refractivity contribution in [3.8, 4) is 0 Å². The predicted molar refractivity (Wildman–Crippen MR) is 60.7 cm³/mol. The normalized spacial score (nSPS) is 20.8. The topological polar surface area (TPSA) is 6.48 Å². The van der Waals surface area contributed by atoms with Crippen LogP contribution in [0.15, 0.2) is 23.1 Å². The second-order valence-electron chi connectivity index (χ2n) is 3.99. The van der Waals surface area contributed by atoms with E-state index in [4.69, 9.17) is 0 Å². The van der Waals surface area contributed by atoms with Gasteiger partial charge in [-0.15, -0.1) is 12.6 Å². The molecule has 0 aliphatic carbocycles. The smallest absolute Gasteiger partial charge is 0.0579 e. The van der Waals surface area contributed by atoms with Gasteiger partial charge in [-0.3, -0.25) is 0 Å². The van der Waals surface area contributed by atoms with Gasteiger partial charge in [0, 0.05) is 30.1 Å². The Labute approximate surface area is 89.9 Å². The molecule has 0 atom stereocenters. The Balaban J connectivity index is 2.05. The van der Waals surface area contributed by atoms with Crippen molar-refractivity contribution in [3.63, 3.8) is 0 Å². The van der Waals surface area contributed by atoms with E-state index in [1.165, 1.54) is 37.2 Å². The Hall–Kier alpha value is -0.670. The molecule has 3 heteroatoms. The average molecular weight is 206 g/mol. The van der Waals surface area contributed by atoms with Crippen molar-refractivity contribution in [1.82, 2.24) is 5.01 Å². The molecular formula is C11H14N2S. The molecule has 1 saturated heterocycles. The van der Waals surface area contributed by atoms with Gasteiger partial charge in [0.1, 0.15) is 0 Å². The minimum atomic E-state index is 1.05. The second kappa shape index (κ2) is 3.17. The predicted octanol–water partition coefficient (Wildman–Crippen LogP) is 2.31. The van der Waals surface area contributed by atoms with Gasteiger partial charge in [-0.1, -0.05) is 6.07 Å². The lowest BCUT2D eigenvalue weighted by Gasteiger charge is -2.34. The van der Waals surface area contributed by atoms with Gasteiger partial charge < -0.3 is 5.01 Å². The molecule has 0 saturated carbocycles. The van der Waals surface area contributed by atoms with Crippen LogP contribution in [-0.2, 0) is 6.54 Å². The summed E-state index contributed by atoms with van der Waals surface area (Å²) < 4.78 is 0. The van der Waals surface area contributed by atoms with Crippen molar-refractivity contribution >= 4 is 18.3 Å². The Bertz CT molecular complexity index is 364.